The maximum absolute atomic E-state index is 11.0. The number of rotatable bonds is 2. The van der Waals surface area contributed by atoms with Gasteiger partial charge in [0.25, 0.3) is 0 Å². The van der Waals surface area contributed by atoms with Crippen LogP contribution in [0.4, 0.5) is 0 Å². The first kappa shape index (κ1) is 19.6. The summed E-state index contributed by atoms with van der Waals surface area (Å²) in [5, 5.41) is 16.4. The Morgan fingerprint density at radius 3 is 1.93 bits per heavy atom. The van der Waals surface area contributed by atoms with Crippen LogP contribution in [-0.2, 0) is 9.84 Å². The minimum absolute atomic E-state index is 0. The minimum Gasteiger partial charge on any atom is -0.762 e. The summed E-state index contributed by atoms with van der Waals surface area (Å²) >= 11 is 0. The van der Waals surface area contributed by atoms with E-state index in [4.69, 9.17) is 23.8 Å². The molecule has 6 nitrogen and oxygen atoms in total. The molecule has 0 aliphatic rings. The van der Waals surface area contributed by atoms with Crippen molar-refractivity contribution in [3.63, 3.8) is 0 Å². The van der Waals surface area contributed by atoms with E-state index in [1.54, 1.807) is 0 Å². The van der Waals surface area contributed by atoms with Gasteiger partial charge in [-0.2, -0.15) is 5.26 Å². The molecule has 0 aromatic heterocycles. The van der Waals surface area contributed by atoms with Crippen molar-refractivity contribution in [2.45, 2.75) is 5.50 Å². The van der Waals surface area contributed by atoms with Crippen molar-refractivity contribution >= 4 is 15.7 Å². The van der Waals surface area contributed by atoms with Gasteiger partial charge in [0, 0.05) is 0 Å². The van der Waals surface area contributed by atoms with Gasteiger partial charge in [-0.15, -0.1) is 0 Å². The summed E-state index contributed by atoms with van der Waals surface area (Å²) in [6, 6.07) is 1.12. The molecule has 0 amide bonds. The predicted octanol–water partition coefficient (Wildman–Crippen LogP) is -5.82. The summed E-state index contributed by atoms with van der Waals surface area (Å²) < 4.78 is 22.1. The Hall–Kier alpha value is -0.935. The Labute approximate surface area is 111 Å². The van der Waals surface area contributed by atoms with Crippen LogP contribution in [0.1, 0.15) is 0 Å². The van der Waals surface area contributed by atoms with E-state index in [0.29, 0.717) is 0 Å². The molecule has 15 heavy (non-hydrogen) atoms. The summed E-state index contributed by atoms with van der Waals surface area (Å²) in [5.41, 5.74) is -2.03. The molecule has 0 bridgehead atoms. The van der Waals surface area contributed by atoms with E-state index < -0.39 is 20.2 Å². The van der Waals surface area contributed by atoms with Gasteiger partial charge in [-0.25, -0.2) is 37.1 Å². The quantitative estimate of drug-likeness (QED) is 0.195. The fourth-order valence-corrected chi connectivity index (χ4v) is 1.17. The largest absolute Gasteiger partial charge is 1.00 e. The van der Waals surface area contributed by atoms with Crippen LogP contribution in [0, 0.1) is 24.5 Å². The topological polar surface area (TPSA) is 88.9 Å². The molecule has 0 radical (unpaired) electrons. The van der Waals surface area contributed by atoms with E-state index >= 15 is 0 Å². The molecular formula is C6HLi2N4O2S+. The predicted molar refractivity (Wildman–Crippen MR) is 43.4 cm³/mol. The number of nitriles is 1. The molecule has 0 spiro atoms. The van der Waals surface area contributed by atoms with E-state index in [2.05, 4.69) is 9.69 Å². The van der Waals surface area contributed by atoms with Crippen molar-refractivity contribution in [1.29, 1.82) is 5.26 Å². The van der Waals surface area contributed by atoms with Gasteiger partial charge in [0.15, 0.2) is 4.91 Å². The van der Waals surface area contributed by atoms with E-state index in [0.717, 1.165) is 11.9 Å². The zero-order valence-corrected chi connectivity index (χ0v) is 8.91. The van der Waals surface area contributed by atoms with E-state index in [1.807, 2.05) is 0 Å². The molecule has 9 heteroatoms. The fraction of sp³-hybridized carbons (Fsp3) is 0.167. The van der Waals surface area contributed by atoms with Gasteiger partial charge >= 0.3 is 53.1 Å². The van der Waals surface area contributed by atoms with Crippen LogP contribution in [0.2, 0.25) is 0 Å². The second-order valence-electron chi connectivity index (χ2n) is 1.68. The van der Waals surface area contributed by atoms with Gasteiger partial charge in [0.2, 0.25) is 0 Å². The molecule has 0 unspecified atom stereocenters. The van der Waals surface area contributed by atoms with Crippen molar-refractivity contribution in [1.82, 2.24) is 0 Å². The first-order valence-electron chi connectivity index (χ1n) is 2.68. The molecule has 0 atom stereocenters. The zero-order chi connectivity index (χ0) is 10.5. The Bertz CT molecular complexity index is 473. The van der Waals surface area contributed by atoms with Crippen molar-refractivity contribution in [3.8, 4) is 6.07 Å². The van der Waals surface area contributed by atoms with Gasteiger partial charge in [-0.05, 0) is 0 Å². The second kappa shape index (κ2) is 8.38. The summed E-state index contributed by atoms with van der Waals surface area (Å²) in [5.74, 6) is 1.12. The van der Waals surface area contributed by atoms with E-state index in [9.17, 15) is 8.42 Å². The Morgan fingerprint density at radius 1 is 1.33 bits per heavy atom. The average Bonchev–Trinajstić information content (AvgIpc) is 2.07. The molecule has 0 aliphatic carbocycles. The Balaban J connectivity index is -0.000000720. The minimum atomic E-state index is -4.38. The van der Waals surface area contributed by atoms with Crippen molar-refractivity contribution < 1.29 is 46.1 Å². The zero-order valence-electron chi connectivity index (χ0n) is 8.09. The van der Waals surface area contributed by atoms with E-state index in [-0.39, 0.29) is 37.7 Å². The van der Waals surface area contributed by atoms with Crippen molar-refractivity contribution in [3.05, 3.63) is 33.1 Å². The molecule has 64 valence electrons. The number of allylic oxidation sites excluding steroid dienone is 1. The third-order valence-corrected chi connectivity index (χ3v) is 2.50. The van der Waals surface area contributed by atoms with Crippen LogP contribution in [0.3, 0.4) is 0 Å². The average molecular weight is 207 g/mol. The van der Waals surface area contributed by atoms with Gasteiger partial charge in [-0.3, -0.25) is 0 Å². The standard InChI is InChI=1S/C6HN4O2S.2Li/c1-9-6(10-2)13(11,12)5(3-7)4-8;;/h6H;;/q-1;2*+1. The fourth-order valence-electron chi connectivity index (χ4n) is 0.425. The van der Waals surface area contributed by atoms with Gasteiger partial charge in [-0.1, -0.05) is 0 Å². The maximum atomic E-state index is 11.0. The van der Waals surface area contributed by atoms with Crippen LogP contribution < -0.4 is 37.7 Å². The molecule has 0 aromatic carbocycles. The number of nitrogens with zero attached hydrogens (tertiary/aromatic N) is 4. The molecule has 0 rings (SSSR count). The number of sulfone groups is 1. The monoisotopic (exact) mass is 207 g/mol. The molecule has 0 saturated carbocycles. The smallest absolute Gasteiger partial charge is 0.762 e. The molecule has 0 saturated heterocycles. The van der Waals surface area contributed by atoms with Crippen LogP contribution in [-0.4, -0.2) is 19.8 Å². The third-order valence-electron chi connectivity index (χ3n) is 0.986. The van der Waals surface area contributed by atoms with Crippen molar-refractivity contribution in [2.24, 2.45) is 0 Å². The summed E-state index contributed by atoms with van der Waals surface area (Å²) in [6.07, 6.45) is 0. The van der Waals surface area contributed by atoms with Crippen LogP contribution in [0.25, 0.3) is 15.1 Å². The first-order valence-corrected chi connectivity index (χ1v) is 4.23. The van der Waals surface area contributed by atoms with Gasteiger partial charge in [0.05, 0.1) is 0 Å². The maximum Gasteiger partial charge on any atom is 1.00 e. The van der Waals surface area contributed by atoms with Crippen LogP contribution in [0.15, 0.2) is 4.91 Å². The Kier molecular flexibility index (Phi) is 11.0. The third kappa shape index (κ3) is 4.40. The summed E-state index contributed by atoms with van der Waals surface area (Å²) in [6.45, 7) is 12.7. The Morgan fingerprint density at radius 2 is 1.73 bits per heavy atom. The SMILES string of the molecule is [C-]#[N+]C([N+]#[C-])S(=O)(=O)C(=C=[N-])C#N.[Li+].[Li+]. The first-order chi connectivity index (χ1) is 6.04. The molecule has 0 heterocycles. The van der Waals surface area contributed by atoms with Gasteiger partial charge < -0.3 is 5.41 Å². The van der Waals surface area contributed by atoms with E-state index in [1.165, 1.54) is 0 Å². The number of hydrogen-bond acceptors (Lipinski definition) is 3. The number of hydrogen-bond donors (Lipinski definition) is 0. The normalized spacial score (nSPS) is 7.87. The summed E-state index contributed by atoms with van der Waals surface area (Å²) in [7, 11) is -4.38. The van der Waals surface area contributed by atoms with Crippen molar-refractivity contribution in [2.75, 3.05) is 0 Å². The second-order valence-corrected chi connectivity index (χ2v) is 3.60. The molecular weight excluding hydrogens is 206 g/mol. The van der Waals surface area contributed by atoms with Gasteiger partial charge in [0.1, 0.15) is 6.07 Å². The van der Waals surface area contributed by atoms with Crippen LogP contribution in [0.5, 0.6) is 0 Å². The molecule has 0 N–H and O–H groups in total. The molecule has 0 aliphatic heterocycles. The van der Waals surface area contributed by atoms with Crippen LogP contribution >= 0.6 is 0 Å². The summed E-state index contributed by atoms with van der Waals surface area (Å²) in [4.78, 5) is 3.85. The molecule has 0 aromatic rings. The molecule has 0 fully saturated rings.